The van der Waals surface area contributed by atoms with Crippen LogP contribution in [0.5, 0.6) is 11.5 Å². The smallest absolute Gasteiger partial charge is 0.252 e. The van der Waals surface area contributed by atoms with Gasteiger partial charge in [-0.2, -0.15) is 0 Å². The van der Waals surface area contributed by atoms with Gasteiger partial charge in [-0.05, 0) is 54.1 Å². The van der Waals surface area contributed by atoms with Gasteiger partial charge in [-0.15, -0.1) is 0 Å². The lowest BCUT2D eigenvalue weighted by atomic mass is 10.2. The van der Waals surface area contributed by atoms with Crippen molar-refractivity contribution in [2.45, 2.75) is 11.4 Å². The molecule has 2 amide bonds. The quantitative estimate of drug-likeness (QED) is 0.355. The van der Waals surface area contributed by atoms with Crippen LogP contribution in [0, 0.1) is 0 Å². The van der Waals surface area contributed by atoms with Crippen LogP contribution in [0.25, 0.3) is 0 Å². The zero-order valence-electron chi connectivity index (χ0n) is 17.7. The molecule has 0 saturated heterocycles. The molecule has 0 aromatic heterocycles. The number of carbonyl (C=O) groups excluding carboxylic acids is 2. The zero-order chi connectivity index (χ0) is 23.8. The summed E-state index contributed by atoms with van der Waals surface area (Å²) in [6.07, 6.45) is 0. The fourth-order valence-corrected chi connectivity index (χ4v) is 4.08. The van der Waals surface area contributed by atoms with E-state index in [1.165, 1.54) is 42.5 Å². The Morgan fingerprint density at radius 2 is 1.61 bits per heavy atom. The van der Waals surface area contributed by atoms with E-state index in [0.717, 1.165) is 5.56 Å². The highest BCUT2D eigenvalue weighted by Gasteiger charge is 2.22. The third-order valence-corrected chi connectivity index (χ3v) is 6.07. The second-order valence-electron chi connectivity index (χ2n) is 6.95. The third-order valence-electron chi connectivity index (χ3n) is 4.61. The molecule has 0 aliphatic rings. The predicted octanol–water partition coefficient (Wildman–Crippen LogP) is 2.25. The van der Waals surface area contributed by atoms with Crippen molar-refractivity contribution in [3.05, 3.63) is 83.9 Å². The maximum Gasteiger partial charge on any atom is 0.252 e. The molecular formula is C23H23N3O6S. The van der Waals surface area contributed by atoms with Gasteiger partial charge in [0.2, 0.25) is 15.9 Å². The number of aromatic hydroxyl groups is 1. The van der Waals surface area contributed by atoms with E-state index in [1.807, 2.05) is 0 Å². The van der Waals surface area contributed by atoms with E-state index in [1.54, 1.807) is 37.4 Å². The monoisotopic (exact) mass is 469 g/mol. The van der Waals surface area contributed by atoms with Crippen molar-refractivity contribution < 1.29 is 27.9 Å². The number of amides is 2. The van der Waals surface area contributed by atoms with Gasteiger partial charge in [0, 0.05) is 12.2 Å². The lowest BCUT2D eigenvalue weighted by molar-refractivity contribution is -0.115. The first-order valence-corrected chi connectivity index (χ1v) is 11.4. The average Bonchev–Trinajstić information content (AvgIpc) is 2.83. The van der Waals surface area contributed by atoms with Gasteiger partial charge in [-0.3, -0.25) is 9.59 Å². The van der Waals surface area contributed by atoms with Crippen molar-refractivity contribution in [1.82, 2.24) is 10.0 Å². The Morgan fingerprint density at radius 1 is 0.939 bits per heavy atom. The topological polar surface area (TPSA) is 134 Å². The molecule has 172 valence electrons. The van der Waals surface area contributed by atoms with Crippen LogP contribution < -0.4 is 20.1 Å². The standard InChI is InChI=1S/C23H23N3O6S/c1-32-19-12-6-16(7-13-19)14-24-23(29)20-4-2-3-5-21(20)33(30,31)25-15-22(28)26-17-8-10-18(27)11-9-17/h2-13,25,27H,14-15H2,1H3,(H,24,29)(H,26,28). The van der Waals surface area contributed by atoms with E-state index >= 15 is 0 Å². The first kappa shape index (κ1) is 23.8. The highest BCUT2D eigenvalue weighted by molar-refractivity contribution is 7.89. The third kappa shape index (κ3) is 6.55. The number of hydrogen-bond donors (Lipinski definition) is 4. The molecule has 0 saturated carbocycles. The van der Waals surface area contributed by atoms with E-state index in [-0.39, 0.29) is 22.8 Å². The maximum atomic E-state index is 12.8. The molecule has 0 aliphatic carbocycles. The van der Waals surface area contributed by atoms with Crippen LogP contribution in [0.3, 0.4) is 0 Å². The van der Waals surface area contributed by atoms with Gasteiger partial charge in [0.1, 0.15) is 11.5 Å². The summed E-state index contributed by atoms with van der Waals surface area (Å²) in [5.41, 5.74) is 1.17. The summed E-state index contributed by atoms with van der Waals surface area (Å²) >= 11 is 0. The predicted molar refractivity (Wildman–Crippen MR) is 123 cm³/mol. The SMILES string of the molecule is COc1ccc(CNC(=O)c2ccccc2S(=O)(=O)NCC(=O)Nc2ccc(O)cc2)cc1. The molecule has 3 aromatic carbocycles. The Bertz CT molecular complexity index is 1230. The molecular weight excluding hydrogens is 446 g/mol. The number of phenols is 1. The summed E-state index contributed by atoms with van der Waals surface area (Å²) in [6, 6.07) is 18.6. The molecule has 0 unspecified atom stereocenters. The summed E-state index contributed by atoms with van der Waals surface area (Å²) in [7, 11) is -2.60. The molecule has 9 nitrogen and oxygen atoms in total. The Hall–Kier alpha value is -3.89. The lowest BCUT2D eigenvalue weighted by Gasteiger charge is -2.12. The molecule has 0 aliphatic heterocycles. The molecule has 3 aromatic rings. The first-order chi connectivity index (χ1) is 15.8. The van der Waals surface area contributed by atoms with Gasteiger partial charge in [0.05, 0.1) is 24.1 Å². The maximum absolute atomic E-state index is 12.8. The van der Waals surface area contributed by atoms with E-state index in [0.29, 0.717) is 11.4 Å². The average molecular weight is 470 g/mol. The minimum atomic E-state index is -4.15. The Morgan fingerprint density at radius 3 is 2.27 bits per heavy atom. The summed E-state index contributed by atoms with van der Waals surface area (Å²) in [5.74, 6) is -0.455. The lowest BCUT2D eigenvalue weighted by Crippen LogP contribution is -2.34. The fraction of sp³-hybridized carbons (Fsp3) is 0.130. The fourth-order valence-electron chi connectivity index (χ4n) is 2.90. The zero-order valence-corrected chi connectivity index (χ0v) is 18.6. The largest absolute Gasteiger partial charge is 0.508 e. The summed E-state index contributed by atoms with van der Waals surface area (Å²) in [5, 5.41) is 14.5. The molecule has 0 heterocycles. The van der Waals surface area contributed by atoms with Crippen molar-refractivity contribution in [1.29, 1.82) is 0 Å². The van der Waals surface area contributed by atoms with Crippen LogP contribution in [0.1, 0.15) is 15.9 Å². The van der Waals surface area contributed by atoms with Gasteiger partial charge in [-0.1, -0.05) is 24.3 Å². The molecule has 0 atom stereocenters. The molecule has 0 fully saturated rings. The number of hydrogen-bond acceptors (Lipinski definition) is 6. The Labute approximate surface area is 191 Å². The van der Waals surface area contributed by atoms with Gasteiger partial charge in [0.25, 0.3) is 5.91 Å². The van der Waals surface area contributed by atoms with Crippen molar-refractivity contribution in [2.24, 2.45) is 0 Å². The van der Waals surface area contributed by atoms with Crippen LogP contribution in [0.4, 0.5) is 5.69 Å². The van der Waals surface area contributed by atoms with E-state index < -0.39 is 28.4 Å². The highest BCUT2D eigenvalue weighted by Crippen LogP contribution is 2.17. The molecule has 3 rings (SSSR count). The molecule has 4 N–H and O–H groups in total. The molecule has 0 radical (unpaired) electrons. The van der Waals surface area contributed by atoms with E-state index in [2.05, 4.69) is 15.4 Å². The number of methoxy groups -OCH3 is 1. The van der Waals surface area contributed by atoms with Gasteiger partial charge < -0.3 is 20.5 Å². The normalized spacial score (nSPS) is 10.9. The molecule has 10 heteroatoms. The summed E-state index contributed by atoms with van der Waals surface area (Å²) < 4.78 is 32.9. The number of phenolic OH excluding ortho intramolecular Hbond substituents is 1. The number of benzene rings is 3. The number of nitrogens with one attached hydrogen (secondary N) is 3. The van der Waals surface area contributed by atoms with Crippen LogP contribution in [0.15, 0.2) is 77.7 Å². The second-order valence-corrected chi connectivity index (χ2v) is 8.68. The van der Waals surface area contributed by atoms with Crippen LogP contribution in [-0.2, 0) is 21.4 Å². The minimum absolute atomic E-state index is 0.0376. The first-order valence-electron chi connectivity index (χ1n) is 9.87. The van der Waals surface area contributed by atoms with Crippen molar-refractivity contribution in [3.8, 4) is 11.5 Å². The van der Waals surface area contributed by atoms with Crippen molar-refractivity contribution in [3.63, 3.8) is 0 Å². The summed E-state index contributed by atoms with van der Waals surface area (Å²) in [6.45, 7) is -0.343. The van der Waals surface area contributed by atoms with Crippen molar-refractivity contribution >= 4 is 27.5 Å². The van der Waals surface area contributed by atoms with E-state index in [4.69, 9.17) is 4.74 Å². The van der Waals surface area contributed by atoms with E-state index in [9.17, 15) is 23.1 Å². The molecule has 33 heavy (non-hydrogen) atoms. The number of ether oxygens (including phenoxy) is 1. The Kier molecular flexibility index (Phi) is 7.65. The number of anilines is 1. The summed E-state index contributed by atoms with van der Waals surface area (Å²) in [4.78, 5) is 24.6. The minimum Gasteiger partial charge on any atom is -0.508 e. The van der Waals surface area contributed by atoms with Gasteiger partial charge in [-0.25, -0.2) is 13.1 Å². The van der Waals surface area contributed by atoms with Crippen LogP contribution in [0.2, 0.25) is 0 Å². The van der Waals surface area contributed by atoms with Gasteiger partial charge in [0.15, 0.2) is 0 Å². The molecule has 0 spiro atoms. The van der Waals surface area contributed by atoms with Crippen molar-refractivity contribution in [2.75, 3.05) is 19.0 Å². The highest BCUT2D eigenvalue weighted by atomic mass is 32.2. The number of sulfonamides is 1. The second kappa shape index (κ2) is 10.6. The Balaban J connectivity index is 1.64. The van der Waals surface area contributed by atoms with Gasteiger partial charge >= 0.3 is 0 Å². The number of carbonyl (C=O) groups is 2. The molecule has 0 bridgehead atoms. The van der Waals surface area contributed by atoms with Crippen LogP contribution >= 0.6 is 0 Å². The number of rotatable bonds is 9. The van der Waals surface area contributed by atoms with Crippen LogP contribution in [-0.4, -0.2) is 39.0 Å².